The van der Waals surface area contributed by atoms with Crippen molar-refractivity contribution in [1.82, 2.24) is 4.90 Å². The van der Waals surface area contributed by atoms with E-state index in [9.17, 15) is 4.79 Å². The number of hydrogen-bond donors (Lipinski definition) is 0. The molecule has 18 heavy (non-hydrogen) atoms. The van der Waals surface area contributed by atoms with Crippen LogP contribution < -0.4 is 0 Å². The summed E-state index contributed by atoms with van der Waals surface area (Å²) in [4.78, 5) is 14.5. The molecule has 3 nitrogen and oxygen atoms in total. The first kappa shape index (κ1) is 11.7. The molecule has 96 valence electrons. The van der Waals surface area contributed by atoms with E-state index in [1.54, 1.807) is 0 Å². The van der Waals surface area contributed by atoms with Crippen LogP contribution >= 0.6 is 0 Å². The molecule has 0 bridgehead atoms. The number of benzene rings is 1. The number of likely N-dealkylation sites (tertiary alicyclic amines) is 1. The Morgan fingerprint density at radius 2 is 2.00 bits per heavy atom. The highest BCUT2D eigenvalue weighted by atomic mass is 16.5. The first-order chi connectivity index (χ1) is 8.86. The Kier molecular flexibility index (Phi) is 3.33. The van der Waals surface area contributed by atoms with E-state index in [0.717, 1.165) is 38.8 Å². The molecule has 3 rings (SSSR count). The first-order valence-electron chi connectivity index (χ1n) is 6.83. The number of amides is 1. The SMILES string of the molecule is O=C(C1CCCO1)N1CCCC1c1ccccc1. The fourth-order valence-electron chi connectivity index (χ4n) is 3.01. The minimum absolute atomic E-state index is 0.186. The summed E-state index contributed by atoms with van der Waals surface area (Å²) in [5.74, 6) is 0.193. The molecule has 2 atom stereocenters. The van der Waals surface area contributed by atoms with Crippen molar-refractivity contribution in [3.05, 3.63) is 35.9 Å². The van der Waals surface area contributed by atoms with Crippen LogP contribution in [0.1, 0.15) is 37.3 Å². The number of ether oxygens (including phenoxy) is 1. The van der Waals surface area contributed by atoms with Crippen LogP contribution in [-0.2, 0) is 9.53 Å². The van der Waals surface area contributed by atoms with Crippen LogP contribution in [0.15, 0.2) is 30.3 Å². The van der Waals surface area contributed by atoms with Gasteiger partial charge in [0.25, 0.3) is 5.91 Å². The lowest BCUT2D eigenvalue weighted by Crippen LogP contribution is -2.38. The van der Waals surface area contributed by atoms with Crippen LogP contribution in [0.5, 0.6) is 0 Å². The van der Waals surface area contributed by atoms with Gasteiger partial charge in [0.15, 0.2) is 0 Å². The van der Waals surface area contributed by atoms with Crippen LogP contribution in [0.3, 0.4) is 0 Å². The zero-order valence-corrected chi connectivity index (χ0v) is 10.5. The lowest BCUT2D eigenvalue weighted by Gasteiger charge is -2.27. The standard InChI is InChI=1S/C15H19NO2/c17-15(14-9-5-11-18-14)16-10-4-8-13(16)12-6-2-1-3-7-12/h1-3,6-7,13-14H,4-5,8-11H2. The molecule has 3 heteroatoms. The Morgan fingerprint density at radius 1 is 1.17 bits per heavy atom. The van der Waals surface area contributed by atoms with E-state index >= 15 is 0 Å². The van der Waals surface area contributed by atoms with Crippen molar-refractivity contribution in [2.24, 2.45) is 0 Å². The van der Waals surface area contributed by atoms with Gasteiger partial charge in [0.2, 0.25) is 0 Å². The van der Waals surface area contributed by atoms with Gasteiger partial charge in [0, 0.05) is 13.2 Å². The summed E-state index contributed by atoms with van der Waals surface area (Å²) in [6.07, 6.45) is 3.88. The van der Waals surface area contributed by atoms with Crippen molar-refractivity contribution in [2.75, 3.05) is 13.2 Å². The third-order valence-corrected chi connectivity index (χ3v) is 3.93. The second kappa shape index (κ2) is 5.11. The Hall–Kier alpha value is -1.35. The molecule has 1 aromatic carbocycles. The van der Waals surface area contributed by atoms with Gasteiger partial charge in [0.1, 0.15) is 6.10 Å². The van der Waals surface area contributed by atoms with Gasteiger partial charge in [-0.1, -0.05) is 30.3 Å². The Bertz CT molecular complexity index is 412. The number of hydrogen-bond acceptors (Lipinski definition) is 2. The van der Waals surface area contributed by atoms with Gasteiger partial charge in [-0.05, 0) is 31.2 Å². The highest BCUT2D eigenvalue weighted by molar-refractivity contribution is 5.82. The summed E-state index contributed by atoms with van der Waals surface area (Å²) in [5.41, 5.74) is 1.25. The number of carbonyl (C=O) groups is 1. The predicted molar refractivity (Wildman–Crippen MR) is 69.1 cm³/mol. The van der Waals surface area contributed by atoms with Crippen molar-refractivity contribution < 1.29 is 9.53 Å². The van der Waals surface area contributed by atoms with Crippen LogP contribution in [0.25, 0.3) is 0 Å². The van der Waals surface area contributed by atoms with Crippen LogP contribution in [0.2, 0.25) is 0 Å². The van der Waals surface area contributed by atoms with Gasteiger partial charge < -0.3 is 9.64 Å². The zero-order chi connectivity index (χ0) is 12.4. The van der Waals surface area contributed by atoms with Crippen molar-refractivity contribution in [2.45, 2.75) is 37.8 Å². The molecule has 2 aliphatic rings. The summed E-state index contributed by atoms with van der Waals surface area (Å²) in [7, 11) is 0. The van der Waals surface area contributed by atoms with E-state index in [1.807, 2.05) is 23.1 Å². The van der Waals surface area contributed by atoms with Crippen molar-refractivity contribution in [3.8, 4) is 0 Å². The van der Waals surface area contributed by atoms with E-state index in [1.165, 1.54) is 5.56 Å². The van der Waals surface area contributed by atoms with Gasteiger partial charge in [-0.15, -0.1) is 0 Å². The van der Waals surface area contributed by atoms with Crippen LogP contribution in [0, 0.1) is 0 Å². The maximum Gasteiger partial charge on any atom is 0.252 e. The summed E-state index contributed by atoms with van der Waals surface area (Å²) in [6, 6.07) is 10.6. The van der Waals surface area contributed by atoms with Crippen molar-refractivity contribution in [1.29, 1.82) is 0 Å². The third-order valence-electron chi connectivity index (χ3n) is 3.93. The first-order valence-corrected chi connectivity index (χ1v) is 6.83. The number of carbonyl (C=O) groups excluding carboxylic acids is 1. The van der Waals surface area contributed by atoms with Crippen molar-refractivity contribution in [3.63, 3.8) is 0 Å². The smallest absolute Gasteiger partial charge is 0.252 e. The van der Waals surface area contributed by atoms with Crippen molar-refractivity contribution >= 4 is 5.91 Å². The van der Waals surface area contributed by atoms with E-state index in [2.05, 4.69) is 12.1 Å². The molecule has 2 unspecified atom stereocenters. The Labute approximate surface area is 108 Å². The fourth-order valence-corrected chi connectivity index (χ4v) is 3.01. The minimum atomic E-state index is -0.186. The summed E-state index contributed by atoms with van der Waals surface area (Å²) < 4.78 is 5.52. The van der Waals surface area contributed by atoms with Gasteiger partial charge in [-0.3, -0.25) is 4.79 Å². The lowest BCUT2D eigenvalue weighted by atomic mass is 10.0. The maximum absolute atomic E-state index is 12.4. The third kappa shape index (κ3) is 2.15. The normalized spacial score (nSPS) is 27.7. The van der Waals surface area contributed by atoms with Gasteiger partial charge >= 0.3 is 0 Å². The van der Waals surface area contributed by atoms with Crippen LogP contribution in [0.4, 0.5) is 0 Å². The number of nitrogens with zero attached hydrogens (tertiary/aromatic N) is 1. The van der Waals surface area contributed by atoms with Gasteiger partial charge in [-0.25, -0.2) is 0 Å². The summed E-state index contributed by atoms with van der Waals surface area (Å²) in [5, 5.41) is 0. The average molecular weight is 245 g/mol. The average Bonchev–Trinajstić information content (AvgIpc) is 3.10. The Morgan fingerprint density at radius 3 is 2.72 bits per heavy atom. The molecule has 0 radical (unpaired) electrons. The van der Waals surface area contributed by atoms with E-state index < -0.39 is 0 Å². The molecular weight excluding hydrogens is 226 g/mol. The van der Waals surface area contributed by atoms with E-state index in [-0.39, 0.29) is 18.1 Å². The molecule has 0 saturated carbocycles. The van der Waals surface area contributed by atoms with Crippen LogP contribution in [-0.4, -0.2) is 30.1 Å². The molecule has 0 aliphatic carbocycles. The molecule has 1 amide bonds. The summed E-state index contributed by atoms with van der Waals surface area (Å²) >= 11 is 0. The fraction of sp³-hybridized carbons (Fsp3) is 0.533. The Balaban J connectivity index is 1.77. The quantitative estimate of drug-likeness (QED) is 0.801. The van der Waals surface area contributed by atoms with E-state index in [0.29, 0.717) is 0 Å². The maximum atomic E-state index is 12.4. The molecule has 1 aromatic rings. The summed E-state index contributed by atoms with van der Waals surface area (Å²) in [6.45, 7) is 1.61. The molecule has 0 aromatic heterocycles. The molecule has 2 fully saturated rings. The minimum Gasteiger partial charge on any atom is -0.368 e. The molecule has 2 aliphatic heterocycles. The lowest BCUT2D eigenvalue weighted by molar-refractivity contribution is -0.141. The molecule has 0 N–H and O–H groups in total. The van der Waals surface area contributed by atoms with E-state index in [4.69, 9.17) is 4.74 Å². The monoisotopic (exact) mass is 245 g/mol. The zero-order valence-electron chi connectivity index (χ0n) is 10.5. The molecule has 0 spiro atoms. The second-order valence-corrected chi connectivity index (χ2v) is 5.10. The highest BCUT2D eigenvalue weighted by Crippen LogP contribution is 2.33. The van der Waals surface area contributed by atoms with Gasteiger partial charge in [0.05, 0.1) is 6.04 Å². The topological polar surface area (TPSA) is 29.5 Å². The van der Waals surface area contributed by atoms with Gasteiger partial charge in [-0.2, -0.15) is 0 Å². The predicted octanol–water partition coefficient (Wildman–Crippen LogP) is 2.53. The largest absolute Gasteiger partial charge is 0.368 e. The molecule has 2 heterocycles. The molecule has 2 saturated heterocycles. The molecular formula is C15H19NO2. The second-order valence-electron chi connectivity index (χ2n) is 5.10. The number of rotatable bonds is 2. The highest BCUT2D eigenvalue weighted by Gasteiger charge is 2.35.